The first-order chi connectivity index (χ1) is 13.0. The van der Waals surface area contributed by atoms with Crippen molar-refractivity contribution in [2.24, 2.45) is 5.92 Å². The van der Waals surface area contributed by atoms with Crippen LogP contribution in [0.4, 0.5) is 4.79 Å². The van der Waals surface area contributed by atoms with E-state index in [0.29, 0.717) is 12.1 Å². The minimum Gasteiger partial charge on any atom is -0.349 e. The quantitative estimate of drug-likeness (QED) is 0.798. The van der Waals surface area contributed by atoms with E-state index in [4.69, 9.17) is 0 Å². The molecular formula is C19H23N5O3. The van der Waals surface area contributed by atoms with Gasteiger partial charge in [0.05, 0.1) is 12.2 Å². The summed E-state index contributed by atoms with van der Waals surface area (Å²) in [5.74, 6) is -0.576. The molecule has 2 aromatic heterocycles. The summed E-state index contributed by atoms with van der Waals surface area (Å²) in [5.41, 5.74) is 0.671. The second-order valence-corrected chi connectivity index (χ2v) is 7.41. The maximum atomic E-state index is 12.9. The van der Waals surface area contributed by atoms with Crippen LogP contribution in [0, 0.1) is 5.92 Å². The first kappa shape index (κ1) is 17.5. The van der Waals surface area contributed by atoms with E-state index in [9.17, 15) is 14.4 Å². The molecule has 2 aromatic rings. The van der Waals surface area contributed by atoms with E-state index in [2.05, 4.69) is 15.6 Å². The zero-order chi connectivity index (χ0) is 19.0. The van der Waals surface area contributed by atoms with Gasteiger partial charge in [-0.2, -0.15) is 0 Å². The van der Waals surface area contributed by atoms with E-state index in [-0.39, 0.29) is 30.8 Å². The molecule has 2 N–H and O–H groups in total. The van der Waals surface area contributed by atoms with Crippen LogP contribution in [0.3, 0.4) is 0 Å². The summed E-state index contributed by atoms with van der Waals surface area (Å²) < 4.78 is 1.87. The lowest BCUT2D eigenvalue weighted by Crippen LogP contribution is -2.54. The van der Waals surface area contributed by atoms with Crippen LogP contribution in [0.25, 0.3) is 5.65 Å². The van der Waals surface area contributed by atoms with Gasteiger partial charge in [0, 0.05) is 12.4 Å². The number of nitrogens with zero attached hydrogens (tertiary/aromatic N) is 3. The summed E-state index contributed by atoms with van der Waals surface area (Å²) in [6.45, 7) is 1.96. The van der Waals surface area contributed by atoms with Gasteiger partial charge in [-0.25, -0.2) is 9.78 Å². The van der Waals surface area contributed by atoms with Gasteiger partial charge in [-0.15, -0.1) is 0 Å². The predicted molar refractivity (Wildman–Crippen MR) is 97.6 cm³/mol. The fraction of sp³-hybridized carbons (Fsp3) is 0.474. The predicted octanol–water partition coefficient (Wildman–Crippen LogP) is 1.45. The number of amides is 4. The number of hydrogen-bond acceptors (Lipinski definition) is 4. The number of carbonyl (C=O) groups excluding carboxylic acids is 3. The fourth-order valence-corrected chi connectivity index (χ4v) is 4.10. The minimum atomic E-state index is -0.836. The zero-order valence-corrected chi connectivity index (χ0v) is 15.3. The van der Waals surface area contributed by atoms with E-state index >= 15 is 0 Å². The highest BCUT2D eigenvalue weighted by Crippen LogP contribution is 2.38. The number of aromatic nitrogens is 2. The van der Waals surface area contributed by atoms with Gasteiger partial charge in [-0.1, -0.05) is 25.8 Å². The standard InChI is InChI=1S/C19H23N5O3/c1-13-6-2-4-8-19(13)17(26)24(18(27)22-19)12-16(25)20-10-14-11-23-9-5-3-7-15(23)21-14/h3,5,7,9,11,13H,2,4,6,8,10,12H2,1H3,(H,20,25)(H,22,27)/t13-,19-/m0/s1. The molecule has 1 aliphatic heterocycles. The number of hydrogen-bond donors (Lipinski definition) is 2. The van der Waals surface area contributed by atoms with Crippen LogP contribution in [-0.2, 0) is 16.1 Å². The number of pyridine rings is 1. The highest BCUT2D eigenvalue weighted by molar-refractivity contribution is 6.09. The summed E-state index contributed by atoms with van der Waals surface area (Å²) in [6.07, 6.45) is 7.22. The molecule has 2 aliphatic rings. The molecule has 0 radical (unpaired) electrons. The van der Waals surface area contributed by atoms with Crippen LogP contribution in [0.5, 0.6) is 0 Å². The largest absolute Gasteiger partial charge is 0.349 e. The molecule has 0 aromatic carbocycles. The van der Waals surface area contributed by atoms with Crippen molar-refractivity contribution >= 4 is 23.5 Å². The molecule has 4 amide bonds. The van der Waals surface area contributed by atoms with Crippen LogP contribution in [0.1, 0.15) is 38.3 Å². The molecule has 2 fully saturated rings. The third-order valence-corrected chi connectivity index (χ3v) is 5.68. The molecule has 142 valence electrons. The van der Waals surface area contributed by atoms with E-state index in [1.54, 1.807) is 0 Å². The highest BCUT2D eigenvalue weighted by atomic mass is 16.2. The van der Waals surface area contributed by atoms with Crippen LogP contribution in [0.2, 0.25) is 0 Å². The maximum Gasteiger partial charge on any atom is 0.325 e. The number of urea groups is 1. The first-order valence-corrected chi connectivity index (χ1v) is 9.33. The number of carbonyl (C=O) groups is 3. The molecule has 3 heterocycles. The topological polar surface area (TPSA) is 95.8 Å². The molecule has 8 heteroatoms. The lowest BCUT2D eigenvalue weighted by molar-refractivity contribution is -0.137. The van der Waals surface area contributed by atoms with Gasteiger partial charge < -0.3 is 15.0 Å². The molecule has 0 bridgehead atoms. The number of imidazole rings is 1. The number of nitrogens with one attached hydrogen (secondary N) is 2. The molecule has 1 saturated carbocycles. The van der Waals surface area contributed by atoms with Crippen LogP contribution >= 0.6 is 0 Å². The molecule has 1 saturated heterocycles. The molecule has 4 rings (SSSR count). The second-order valence-electron chi connectivity index (χ2n) is 7.41. The molecule has 0 unspecified atom stereocenters. The summed E-state index contributed by atoms with van der Waals surface area (Å²) in [5, 5.41) is 5.60. The molecule has 1 aliphatic carbocycles. The van der Waals surface area contributed by atoms with Crippen LogP contribution in [0.15, 0.2) is 30.6 Å². The van der Waals surface area contributed by atoms with Gasteiger partial charge in [-0.05, 0) is 30.9 Å². The van der Waals surface area contributed by atoms with E-state index in [1.165, 1.54) is 0 Å². The van der Waals surface area contributed by atoms with Gasteiger partial charge in [-0.3, -0.25) is 14.5 Å². The van der Waals surface area contributed by atoms with Crippen molar-refractivity contribution in [3.63, 3.8) is 0 Å². The van der Waals surface area contributed by atoms with E-state index in [0.717, 1.165) is 29.8 Å². The van der Waals surface area contributed by atoms with Gasteiger partial charge in [0.15, 0.2) is 0 Å². The van der Waals surface area contributed by atoms with Crippen molar-refractivity contribution in [3.8, 4) is 0 Å². The third-order valence-electron chi connectivity index (χ3n) is 5.68. The monoisotopic (exact) mass is 369 g/mol. The normalized spacial score (nSPS) is 25.2. The lowest BCUT2D eigenvalue weighted by atomic mass is 9.73. The smallest absolute Gasteiger partial charge is 0.325 e. The Hall–Kier alpha value is -2.90. The Morgan fingerprint density at radius 1 is 1.37 bits per heavy atom. The Kier molecular flexibility index (Phi) is 4.33. The second kappa shape index (κ2) is 6.68. The number of rotatable bonds is 4. The van der Waals surface area contributed by atoms with Crippen molar-refractivity contribution < 1.29 is 14.4 Å². The molecule has 8 nitrogen and oxygen atoms in total. The Morgan fingerprint density at radius 3 is 3.00 bits per heavy atom. The van der Waals surface area contributed by atoms with Crippen molar-refractivity contribution in [1.29, 1.82) is 0 Å². The highest BCUT2D eigenvalue weighted by Gasteiger charge is 2.55. The van der Waals surface area contributed by atoms with E-state index < -0.39 is 11.6 Å². The van der Waals surface area contributed by atoms with Crippen molar-refractivity contribution in [2.45, 2.75) is 44.7 Å². The Morgan fingerprint density at radius 2 is 2.22 bits per heavy atom. The maximum absolute atomic E-state index is 12.9. The minimum absolute atomic E-state index is 0.0775. The van der Waals surface area contributed by atoms with E-state index in [1.807, 2.05) is 41.9 Å². The first-order valence-electron chi connectivity index (χ1n) is 9.33. The van der Waals surface area contributed by atoms with Gasteiger partial charge in [0.25, 0.3) is 5.91 Å². The molecule has 27 heavy (non-hydrogen) atoms. The Labute approximate surface area is 156 Å². The molecule has 2 atom stereocenters. The Bertz CT molecular complexity index is 875. The SMILES string of the molecule is C[C@H]1CCCC[C@]12NC(=O)N(CC(=O)NCc1cn3ccccc3n1)C2=O. The van der Waals surface area contributed by atoms with Gasteiger partial charge >= 0.3 is 6.03 Å². The van der Waals surface area contributed by atoms with Crippen molar-refractivity contribution in [3.05, 3.63) is 36.3 Å². The summed E-state index contributed by atoms with van der Waals surface area (Å²) in [6, 6.07) is 5.20. The average molecular weight is 369 g/mol. The molecular weight excluding hydrogens is 346 g/mol. The third kappa shape index (κ3) is 3.05. The Balaban J connectivity index is 1.39. The number of imide groups is 1. The van der Waals surface area contributed by atoms with Gasteiger partial charge in [0.2, 0.25) is 5.91 Å². The van der Waals surface area contributed by atoms with Crippen molar-refractivity contribution in [2.75, 3.05) is 6.54 Å². The fourth-order valence-electron chi connectivity index (χ4n) is 4.10. The zero-order valence-electron chi connectivity index (χ0n) is 15.3. The average Bonchev–Trinajstić information content (AvgIpc) is 3.17. The van der Waals surface area contributed by atoms with Gasteiger partial charge in [0.1, 0.15) is 17.7 Å². The summed E-state index contributed by atoms with van der Waals surface area (Å²) in [7, 11) is 0. The van der Waals surface area contributed by atoms with Crippen LogP contribution < -0.4 is 10.6 Å². The summed E-state index contributed by atoms with van der Waals surface area (Å²) in [4.78, 5) is 43.0. The summed E-state index contributed by atoms with van der Waals surface area (Å²) >= 11 is 0. The van der Waals surface area contributed by atoms with Crippen LogP contribution in [-0.4, -0.2) is 44.2 Å². The molecule has 1 spiro atoms. The lowest BCUT2D eigenvalue weighted by Gasteiger charge is -2.36. The van der Waals surface area contributed by atoms with Crippen molar-refractivity contribution in [1.82, 2.24) is 24.9 Å². The number of fused-ring (bicyclic) bond motifs is 1.